The minimum absolute atomic E-state index is 0.0915. The van der Waals surface area contributed by atoms with Crippen LogP contribution in [0.15, 0.2) is 91.0 Å². The van der Waals surface area contributed by atoms with Gasteiger partial charge in [0.2, 0.25) is 0 Å². The van der Waals surface area contributed by atoms with Crippen LogP contribution in [0.3, 0.4) is 0 Å². The van der Waals surface area contributed by atoms with E-state index in [4.69, 9.17) is 8.23 Å². The highest BCUT2D eigenvalue weighted by Crippen LogP contribution is 2.26. The monoisotopic (exact) mass is 793 g/mol. The minimum atomic E-state index is -2.49. The van der Waals surface area contributed by atoms with Gasteiger partial charge in [-0.2, -0.15) is 0 Å². The van der Waals surface area contributed by atoms with Crippen LogP contribution in [0.4, 0.5) is 31.4 Å². The van der Waals surface area contributed by atoms with Gasteiger partial charge in [-0.05, 0) is 107 Å². The zero-order chi connectivity index (χ0) is 39.5. The number of para-hydroxylation sites is 3. The number of hydrogen-bond donors (Lipinski definition) is 5. The summed E-state index contributed by atoms with van der Waals surface area (Å²) in [5.74, 6) is 0. The SMILES string of the molecule is CCNCCN(CCC[Si](C)(C)O[Si](C)(C)O[Si](C)(C)CCCN(CCNC(=O)Nc1ccccc1)C(=O)Nc1ccccc1)C(=O)Nc1ccccc1. The third-order valence-electron chi connectivity index (χ3n) is 8.59. The van der Waals surface area contributed by atoms with E-state index in [-0.39, 0.29) is 18.1 Å². The Bertz CT molecular complexity index is 1550. The Morgan fingerprint density at radius 1 is 0.556 bits per heavy atom. The lowest BCUT2D eigenvalue weighted by Crippen LogP contribution is -2.52. The fourth-order valence-electron chi connectivity index (χ4n) is 6.31. The van der Waals surface area contributed by atoms with Gasteiger partial charge in [0.05, 0.1) is 0 Å². The van der Waals surface area contributed by atoms with Gasteiger partial charge < -0.3 is 44.6 Å². The molecule has 3 aromatic rings. The van der Waals surface area contributed by atoms with Crippen LogP contribution in [-0.2, 0) is 8.23 Å². The number of anilines is 3. The standard InChI is InChI=1S/C39H63N7O5Si3/c1-8-40-26-30-45(38(48)43-35-22-14-10-15-23-35)28-18-32-52(2,3)50-54(6,7)51-53(4,5)33-19-29-46(39(49)44-36-24-16-11-17-25-36)31-27-41-37(47)42-34-20-12-9-13-21-34/h9-17,20-25,40H,8,18-19,26-33H2,1-7H3,(H,43,48)(H,44,49)(H2,41,42,47). The second kappa shape index (κ2) is 22.4. The molecule has 296 valence electrons. The first-order chi connectivity index (χ1) is 25.7. The number of carbonyl (C=O) groups excluding carboxylic acids is 3. The summed E-state index contributed by atoms with van der Waals surface area (Å²) in [6.45, 7) is 19.3. The molecular formula is C39H63N7O5Si3. The van der Waals surface area contributed by atoms with Gasteiger partial charge in [0, 0.05) is 56.3 Å². The molecule has 0 aromatic heterocycles. The highest BCUT2D eigenvalue weighted by atomic mass is 28.5. The molecule has 0 aliphatic heterocycles. The number of rotatable bonds is 22. The fraction of sp³-hybridized carbons (Fsp3) is 0.462. The van der Waals surface area contributed by atoms with Gasteiger partial charge in [-0.3, -0.25) is 0 Å². The summed E-state index contributed by atoms with van der Waals surface area (Å²) in [4.78, 5) is 42.6. The lowest BCUT2D eigenvalue weighted by Gasteiger charge is -2.39. The van der Waals surface area contributed by atoms with E-state index < -0.39 is 25.2 Å². The first-order valence-electron chi connectivity index (χ1n) is 19.1. The van der Waals surface area contributed by atoms with E-state index in [1.165, 1.54) is 0 Å². The number of amides is 6. The van der Waals surface area contributed by atoms with Crippen molar-refractivity contribution in [3.63, 3.8) is 0 Å². The van der Waals surface area contributed by atoms with Crippen molar-refractivity contribution >= 4 is 60.4 Å². The summed E-state index contributed by atoms with van der Waals surface area (Å²) in [6.07, 6.45) is 1.61. The molecule has 0 aliphatic rings. The van der Waals surface area contributed by atoms with Crippen molar-refractivity contribution < 1.29 is 22.6 Å². The first-order valence-corrected chi connectivity index (χ1v) is 28.1. The van der Waals surface area contributed by atoms with Crippen LogP contribution in [0.1, 0.15) is 19.8 Å². The van der Waals surface area contributed by atoms with Gasteiger partial charge >= 0.3 is 26.7 Å². The number of nitrogens with one attached hydrogen (secondary N) is 5. The highest BCUT2D eigenvalue weighted by molar-refractivity contribution is 6.87. The fourth-order valence-corrected chi connectivity index (χ4v) is 20.3. The molecular weight excluding hydrogens is 731 g/mol. The Morgan fingerprint density at radius 2 is 0.944 bits per heavy atom. The van der Waals surface area contributed by atoms with Gasteiger partial charge in [-0.1, -0.05) is 61.5 Å². The highest BCUT2D eigenvalue weighted by Gasteiger charge is 2.39. The quantitative estimate of drug-likeness (QED) is 0.0512. The third kappa shape index (κ3) is 17.9. The maximum atomic E-state index is 13.4. The van der Waals surface area contributed by atoms with Crippen molar-refractivity contribution in [2.75, 3.05) is 61.8 Å². The Balaban J connectivity index is 1.51. The lowest BCUT2D eigenvalue weighted by molar-refractivity contribution is 0.210. The van der Waals surface area contributed by atoms with Crippen molar-refractivity contribution in [1.29, 1.82) is 0 Å². The maximum Gasteiger partial charge on any atom is 0.321 e. The number of hydrogen-bond acceptors (Lipinski definition) is 6. The molecule has 54 heavy (non-hydrogen) atoms. The Hall–Kier alpha value is -4.00. The van der Waals surface area contributed by atoms with Gasteiger partial charge in [0.1, 0.15) is 0 Å². The molecule has 0 unspecified atom stereocenters. The predicted octanol–water partition coefficient (Wildman–Crippen LogP) is 8.41. The second-order valence-electron chi connectivity index (χ2n) is 15.0. The van der Waals surface area contributed by atoms with Gasteiger partial charge in [0.15, 0.2) is 16.6 Å². The molecule has 3 rings (SSSR count). The molecule has 0 fully saturated rings. The van der Waals surface area contributed by atoms with E-state index >= 15 is 0 Å². The number of benzene rings is 3. The number of carbonyl (C=O) groups is 3. The molecule has 0 aliphatic carbocycles. The van der Waals surface area contributed by atoms with Crippen LogP contribution in [0, 0.1) is 0 Å². The summed E-state index contributed by atoms with van der Waals surface area (Å²) in [5, 5.41) is 15.0. The molecule has 0 saturated heterocycles. The summed E-state index contributed by atoms with van der Waals surface area (Å²) in [7, 11) is -6.79. The molecule has 12 nitrogen and oxygen atoms in total. The van der Waals surface area contributed by atoms with E-state index in [0.29, 0.717) is 44.1 Å². The molecule has 0 heterocycles. The third-order valence-corrected chi connectivity index (χ3v) is 20.1. The number of nitrogens with zero attached hydrogens (tertiary/aromatic N) is 2. The van der Waals surface area contributed by atoms with Crippen molar-refractivity contribution in [2.45, 2.75) is 71.1 Å². The molecule has 6 amide bonds. The minimum Gasteiger partial charge on any atom is -0.437 e. The molecule has 0 atom stereocenters. The summed E-state index contributed by atoms with van der Waals surface area (Å²) >= 11 is 0. The van der Waals surface area contributed by atoms with E-state index in [2.05, 4.69) is 72.8 Å². The van der Waals surface area contributed by atoms with Crippen molar-refractivity contribution in [2.24, 2.45) is 0 Å². The van der Waals surface area contributed by atoms with Gasteiger partial charge in [-0.25, -0.2) is 14.4 Å². The van der Waals surface area contributed by atoms with E-state index in [1.807, 2.05) is 95.9 Å². The summed E-state index contributed by atoms with van der Waals surface area (Å²) in [5.41, 5.74) is 2.20. The van der Waals surface area contributed by atoms with E-state index in [1.54, 1.807) is 4.90 Å². The second-order valence-corrected chi connectivity index (χ2v) is 27.5. The van der Waals surface area contributed by atoms with E-state index in [0.717, 1.165) is 43.7 Å². The first kappa shape index (κ1) is 44.4. The Kier molecular flexibility index (Phi) is 18.4. The molecule has 0 radical (unpaired) electrons. The van der Waals surface area contributed by atoms with Crippen molar-refractivity contribution in [3.8, 4) is 0 Å². The average Bonchev–Trinajstić information content (AvgIpc) is 3.10. The average molecular weight is 794 g/mol. The van der Waals surface area contributed by atoms with Crippen LogP contribution < -0.4 is 26.6 Å². The number of likely N-dealkylation sites (N-methyl/N-ethyl adjacent to an activating group) is 1. The summed E-state index contributed by atoms with van der Waals surface area (Å²) < 4.78 is 13.8. The summed E-state index contributed by atoms with van der Waals surface area (Å²) in [6, 6.07) is 29.3. The zero-order valence-corrected chi connectivity index (χ0v) is 36.4. The Labute approximate surface area is 326 Å². The predicted molar refractivity (Wildman–Crippen MR) is 230 cm³/mol. The zero-order valence-electron chi connectivity index (χ0n) is 33.4. The maximum absolute atomic E-state index is 13.4. The number of urea groups is 3. The van der Waals surface area contributed by atoms with Crippen molar-refractivity contribution in [1.82, 2.24) is 20.4 Å². The van der Waals surface area contributed by atoms with Crippen LogP contribution in [-0.4, -0.2) is 98.9 Å². The molecule has 0 saturated carbocycles. The van der Waals surface area contributed by atoms with Crippen LogP contribution in [0.5, 0.6) is 0 Å². The smallest absolute Gasteiger partial charge is 0.321 e. The largest absolute Gasteiger partial charge is 0.437 e. The van der Waals surface area contributed by atoms with Gasteiger partial charge in [0.25, 0.3) is 0 Å². The molecule has 15 heteroatoms. The van der Waals surface area contributed by atoms with Gasteiger partial charge in [-0.15, -0.1) is 0 Å². The molecule has 0 bridgehead atoms. The van der Waals surface area contributed by atoms with Crippen LogP contribution in [0.25, 0.3) is 0 Å². The van der Waals surface area contributed by atoms with Crippen LogP contribution >= 0.6 is 0 Å². The molecule has 5 N–H and O–H groups in total. The van der Waals surface area contributed by atoms with Crippen LogP contribution in [0.2, 0.25) is 51.4 Å². The molecule has 0 spiro atoms. The van der Waals surface area contributed by atoms with E-state index in [9.17, 15) is 14.4 Å². The Morgan fingerprint density at radius 3 is 1.35 bits per heavy atom. The molecule has 3 aromatic carbocycles. The topological polar surface area (TPSA) is 136 Å². The normalized spacial score (nSPS) is 11.8. The lowest BCUT2D eigenvalue weighted by atomic mass is 10.3. The van der Waals surface area contributed by atoms with Crippen molar-refractivity contribution in [3.05, 3.63) is 91.0 Å².